The predicted octanol–water partition coefficient (Wildman–Crippen LogP) is 0.752. The quantitative estimate of drug-likeness (QED) is 0.806. The molecule has 7 nitrogen and oxygen atoms in total. The molecule has 23 heavy (non-hydrogen) atoms. The number of carboxylic acid groups (broad SMARTS) is 1. The van der Waals surface area contributed by atoms with Gasteiger partial charge in [-0.25, -0.2) is 4.79 Å². The van der Waals surface area contributed by atoms with Gasteiger partial charge in [-0.15, -0.1) is 0 Å². The Labute approximate surface area is 130 Å². The second-order valence-electron chi connectivity index (χ2n) is 5.63. The second kappa shape index (κ2) is 6.63. The van der Waals surface area contributed by atoms with E-state index < -0.39 is 30.6 Å². The van der Waals surface area contributed by atoms with Crippen LogP contribution in [0.1, 0.15) is 19.3 Å². The maximum absolute atomic E-state index is 12.4. The first-order chi connectivity index (χ1) is 10.7. The van der Waals surface area contributed by atoms with Crippen LogP contribution in [0.15, 0.2) is 0 Å². The third kappa shape index (κ3) is 4.26. The summed E-state index contributed by atoms with van der Waals surface area (Å²) in [6.07, 6.45) is -6.16. The number of piperazine rings is 1. The van der Waals surface area contributed by atoms with Crippen molar-refractivity contribution in [3.05, 3.63) is 0 Å². The van der Waals surface area contributed by atoms with Crippen molar-refractivity contribution in [1.29, 1.82) is 0 Å². The minimum atomic E-state index is -4.55. The molecule has 0 saturated carbocycles. The van der Waals surface area contributed by atoms with E-state index in [-0.39, 0.29) is 32.1 Å². The van der Waals surface area contributed by atoms with Crippen molar-refractivity contribution >= 4 is 17.9 Å². The first-order valence-corrected chi connectivity index (χ1v) is 7.32. The Hall–Kier alpha value is -2.00. The molecule has 0 aromatic heterocycles. The Morgan fingerprint density at radius 3 is 2.09 bits per heavy atom. The number of hydrogen-bond acceptors (Lipinski definition) is 3. The molecule has 1 atom stereocenters. The van der Waals surface area contributed by atoms with Gasteiger partial charge in [0.1, 0.15) is 12.5 Å². The summed E-state index contributed by atoms with van der Waals surface area (Å²) >= 11 is 0. The van der Waals surface area contributed by atoms with E-state index in [0.29, 0.717) is 19.4 Å². The van der Waals surface area contributed by atoms with Crippen molar-refractivity contribution in [3.8, 4) is 0 Å². The predicted molar refractivity (Wildman–Crippen MR) is 71.6 cm³/mol. The molecule has 0 bridgehead atoms. The fourth-order valence-corrected chi connectivity index (χ4v) is 2.92. The highest BCUT2D eigenvalue weighted by Gasteiger charge is 2.39. The van der Waals surface area contributed by atoms with E-state index in [1.807, 2.05) is 0 Å². The van der Waals surface area contributed by atoms with Crippen molar-refractivity contribution in [2.45, 2.75) is 31.5 Å². The number of carbonyl (C=O) groups is 3. The van der Waals surface area contributed by atoms with Crippen molar-refractivity contribution in [3.63, 3.8) is 0 Å². The highest BCUT2D eigenvalue weighted by atomic mass is 19.4. The number of nitrogens with zero attached hydrogens (tertiary/aromatic N) is 3. The van der Waals surface area contributed by atoms with Crippen LogP contribution < -0.4 is 0 Å². The molecule has 3 amide bonds. The highest BCUT2D eigenvalue weighted by Crippen LogP contribution is 2.22. The summed E-state index contributed by atoms with van der Waals surface area (Å²) in [6.45, 7) is 0.593. The van der Waals surface area contributed by atoms with Crippen molar-refractivity contribution < 1.29 is 32.7 Å². The van der Waals surface area contributed by atoms with Crippen molar-refractivity contribution in [2.24, 2.45) is 0 Å². The molecule has 130 valence electrons. The normalized spacial score (nSPS) is 22.4. The Morgan fingerprint density at radius 2 is 1.57 bits per heavy atom. The summed E-state index contributed by atoms with van der Waals surface area (Å²) in [5.41, 5.74) is 0. The smallest absolute Gasteiger partial charge is 0.407 e. The molecular formula is C13H18F3N3O4. The number of alkyl halides is 3. The summed E-state index contributed by atoms with van der Waals surface area (Å²) in [7, 11) is 0. The third-order valence-corrected chi connectivity index (χ3v) is 4.08. The standard InChI is InChI=1S/C13H18F3N3O4/c14-13(15,16)8-10(20)17-4-6-18(7-5-17)11(21)9-2-1-3-19(9)12(22)23/h9H,1-8H2,(H,22,23)/t9-/m0/s1. The molecular weight excluding hydrogens is 319 g/mol. The molecule has 10 heteroatoms. The van der Waals surface area contributed by atoms with Gasteiger partial charge in [0.15, 0.2) is 0 Å². The van der Waals surface area contributed by atoms with Crippen LogP contribution in [0.5, 0.6) is 0 Å². The molecule has 0 radical (unpaired) electrons. The summed E-state index contributed by atoms with van der Waals surface area (Å²) in [4.78, 5) is 38.5. The zero-order valence-electron chi connectivity index (χ0n) is 12.4. The minimum absolute atomic E-state index is 0.0282. The van der Waals surface area contributed by atoms with E-state index >= 15 is 0 Å². The summed E-state index contributed by atoms with van der Waals surface area (Å²) in [5.74, 6) is -1.34. The highest BCUT2D eigenvalue weighted by molar-refractivity contribution is 5.86. The zero-order valence-corrected chi connectivity index (χ0v) is 12.4. The van der Waals surface area contributed by atoms with Crippen LogP contribution in [0, 0.1) is 0 Å². The van der Waals surface area contributed by atoms with E-state index in [4.69, 9.17) is 5.11 Å². The van der Waals surface area contributed by atoms with E-state index in [1.165, 1.54) is 4.90 Å². The molecule has 1 N–H and O–H groups in total. The number of carbonyl (C=O) groups excluding carboxylic acids is 2. The van der Waals surface area contributed by atoms with Gasteiger partial charge in [0.05, 0.1) is 0 Å². The topological polar surface area (TPSA) is 81.2 Å². The molecule has 2 aliphatic heterocycles. The van der Waals surface area contributed by atoms with Gasteiger partial charge in [0, 0.05) is 32.7 Å². The zero-order chi connectivity index (χ0) is 17.2. The molecule has 2 heterocycles. The average molecular weight is 337 g/mol. The number of rotatable bonds is 2. The lowest BCUT2D eigenvalue weighted by Gasteiger charge is -2.37. The van der Waals surface area contributed by atoms with Gasteiger partial charge < -0.3 is 14.9 Å². The maximum Gasteiger partial charge on any atom is 0.407 e. The van der Waals surface area contributed by atoms with Gasteiger partial charge in [-0.3, -0.25) is 14.5 Å². The van der Waals surface area contributed by atoms with Crippen LogP contribution in [0.2, 0.25) is 0 Å². The monoisotopic (exact) mass is 337 g/mol. The van der Waals surface area contributed by atoms with Crippen molar-refractivity contribution in [1.82, 2.24) is 14.7 Å². The molecule has 0 aliphatic carbocycles. The van der Waals surface area contributed by atoms with Crippen LogP contribution >= 0.6 is 0 Å². The number of halogens is 3. The van der Waals surface area contributed by atoms with Crippen LogP contribution in [0.25, 0.3) is 0 Å². The summed E-state index contributed by atoms with van der Waals surface area (Å²) in [5, 5.41) is 9.05. The molecule has 2 fully saturated rings. The fraction of sp³-hybridized carbons (Fsp3) is 0.769. The van der Waals surface area contributed by atoms with E-state index in [1.54, 1.807) is 0 Å². The molecule has 2 saturated heterocycles. The first kappa shape index (κ1) is 17.4. The number of hydrogen-bond donors (Lipinski definition) is 1. The van der Waals surface area contributed by atoms with Gasteiger partial charge >= 0.3 is 12.3 Å². The molecule has 0 aromatic carbocycles. The number of amides is 3. The van der Waals surface area contributed by atoms with Gasteiger partial charge in [-0.2, -0.15) is 13.2 Å². The van der Waals surface area contributed by atoms with Crippen LogP contribution in [0.3, 0.4) is 0 Å². The lowest BCUT2D eigenvalue weighted by Crippen LogP contribution is -2.55. The van der Waals surface area contributed by atoms with Gasteiger partial charge in [-0.1, -0.05) is 0 Å². The molecule has 0 unspecified atom stereocenters. The van der Waals surface area contributed by atoms with E-state index in [9.17, 15) is 27.6 Å². The van der Waals surface area contributed by atoms with Crippen LogP contribution in [-0.2, 0) is 9.59 Å². The lowest BCUT2D eigenvalue weighted by molar-refractivity contribution is -0.163. The average Bonchev–Trinajstić information content (AvgIpc) is 2.94. The lowest BCUT2D eigenvalue weighted by atomic mass is 10.1. The minimum Gasteiger partial charge on any atom is -0.465 e. The summed E-state index contributed by atoms with van der Waals surface area (Å²) in [6, 6.07) is -0.732. The Morgan fingerprint density at radius 1 is 1.00 bits per heavy atom. The first-order valence-electron chi connectivity index (χ1n) is 7.32. The van der Waals surface area contributed by atoms with E-state index in [2.05, 4.69) is 0 Å². The Bertz CT molecular complexity index is 489. The molecule has 0 aromatic rings. The van der Waals surface area contributed by atoms with Crippen molar-refractivity contribution in [2.75, 3.05) is 32.7 Å². The Kier molecular flexibility index (Phi) is 5.00. The van der Waals surface area contributed by atoms with Gasteiger partial charge in [0.25, 0.3) is 0 Å². The largest absolute Gasteiger partial charge is 0.465 e. The molecule has 2 rings (SSSR count). The second-order valence-corrected chi connectivity index (χ2v) is 5.63. The Balaban J connectivity index is 1.88. The molecule has 0 spiro atoms. The SMILES string of the molecule is O=C(CC(F)(F)F)N1CCN(C(=O)[C@@H]2CCCN2C(=O)O)CC1. The number of likely N-dealkylation sites (tertiary alicyclic amines) is 1. The summed E-state index contributed by atoms with van der Waals surface area (Å²) < 4.78 is 36.6. The van der Waals surface area contributed by atoms with Gasteiger partial charge in [-0.05, 0) is 12.8 Å². The third-order valence-electron chi connectivity index (χ3n) is 4.08. The van der Waals surface area contributed by atoms with E-state index in [0.717, 1.165) is 9.80 Å². The van der Waals surface area contributed by atoms with Crippen LogP contribution in [-0.4, -0.2) is 82.7 Å². The van der Waals surface area contributed by atoms with Gasteiger partial charge in [0.2, 0.25) is 11.8 Å². The van der Waals surface area contributed by atoms with Crippen LogP contribution in [0.4, 0.5) is 18.0 Å². The fourth-order valence-electron chi connectivity index (χ4n) is 2.92. The maximum atomic E-state index is 12.4. The molecule has 2 aliphatic rings.